The van der Waals surface area contributed by atoms with Crippen LogP contribution in [0.4, 0.5) is 0 Å². The Hall–Kier alpha value is -1.39. The van der Waals surface area contributed by atoms with Crippen molar-refractivity contribution in [2.45, 2.75) is 46.4 Å². The zero-order valence-corrected chi connectivity index (χ0v) is 12.1. The summed E-state index contributed by atoms with van der Waals surface area (Å²) in [5.41, 5.74) is 1.13. The highest BCUT2D eigenvalue weighted by atomic mass is 16.5. The maximum Gasteiger partial charge on any atom is 0.308 e. The fourth-order valence-electron chi connectivity index (χ4n) is 1.86. The largest absolute Gasteiger partial charge is 0.427 e. The van der Waals surface area contributed by atoms with Crippen molar-refractivity contribution in [1.82, 2.24) is 4.90 Å². The molecule has 1 aromatic rings. The number of rotatable bonds is 6. The molecule has 0 bridgehead atoms. The van der Waals surface area contributed by atoms with Crippen LogP contribution in [-0.2, 0) is 11.3 Å². The summed E-state index contributed by atoms with van der Waals surface area (Å²) < 4.78 is 4.99. The Kier molecular flexibility index (Phi) is 5.99. The van der Waals surface area contributed by atoms with Gasteiger partial charge in [0.25, 0.3) is 0 Å². The Bertz CT molecular complexity index is 398. The van der Waals surface area contributed by atoms with Crippen molar-refractivity contribution in [3.8, 4) is 5.75 Å². The number of esters is 1. The van der Waals surface area contributed by atoms with E-state index in [1.54, 1.807) is 19.1 Å². The Morgan fingerprint density at radius 2 is 1.84 bits per heavy atom. The van der Waals surface area contributed by atoms with E-state index in [-0.39, 0.29) is 12.1 Å². The van der Waals surface area contributed by atoms with E-state index < -0.39 is 0 Å². The van der Waals surface area contributed by atoms with Crippen LogP contribution < -0.4 is 4.74 Å². The Labute approximate surface area is 115 Å². The van der Waals surface area contributed by atoms with Gasteiger partial charge >= 0.3 is 5.97 Å². The normalized spacial score (nSPS) is 12.8. The number of nitrogens with zero attached hydrogens (tertiary/aromatic N) is 1. The molecule has 4 nitrogen and oxygen atoms in total. The fourth-order valence-corrected chi connectivity index (χ4v) is 1.86. The zero-order valence-electron chi connectivity index (χ0n) is 12.1. The number of ether oxygens (including phenoxy) is 1. The van der Waals surface area contributed by atoms with Crippen LogP contribution in [0.2, 0.25) is 0 Å². The first-order chi connectivity index (χ1) is 8.88. The molecule has 0 aromatic heterocycles. The molecule has 0 saturated heterocycles. The lowest BCUT2D eigenvalue weighted by Gasteiger charge is -2.27. The van der Waals surface area contributed by atoms with Gasteiger partial charge in [0.15, 0.2) is 0 Å². The summed E-state index contributed by atoms with van der Waals surface area (Å²) in [6.45, 7) is 8.80. The van der Waals surface area contributed by atoms with E-state index in [0.29, 0.717) is 18.3 Å². The van der Waals surface area contributed by atoms with E-state index in [2.05, 4.69) is 18.7 Å². The average Bonchev–Trinajstić information content (AvgIpc) is 2.29. The monoisotopic (exact) mass is 265 g/mol. The van der Waals surface area contributed by atoms with Crippen molar-refractivity contribution in [2.75, 3.05) is 6.54 Å². The van der Waals surface area contributed by atoms with Gasteiger partial charge in [0, 0.05) is 26.1 Å². The SMILES string of the molecule is CC(=O)Oc1ccc(CN(CC(C)O)C(C)C)cc1. The van der Waals surface area contributed by atoms with Crippen molar-refractivity contribution in [3.05, 3.63) is 29.8 Å². The molecule has 0 aliphatic heterocycles. The average molecular weight is 265 g/mol. The maximum absolute atomic E-state index is 10.8. The third-order valence-corrected chi connectivity index (χ3v) is 2.80. The Morgan fingerprint density at radius 3 is 2.26 bits per heavy atom. The lowest BCUT2D eigenvalue weighted by Crippen LogP contribution is -2.36. The lowest BCUT2D eigenvalue weighted by atomic mass is 10.1. The van der Waals surface area contributed by atoms with Gasteiger partial charge < -0.3 is 9.84 Å². The standard InChI is InChI=1S/C15H23NO3/c1-11(2)16(9-12(3)17)10-14-5-7-15(8-6-14)19-13(4)18/h5-8,11-12,17H,9-10H2,1-4H3. The number of hydrogen-bond donors (Lipinski definition) is 1. The number of aliphatic hydroxyl groups excluding tert-OH is 1. The molecular formula is C15H23NO3. The number of carbonyl (C=O) groups is 1. The highest BCUT2D eigenvalue weighted by Crippen LogP contribution is 2.15. The van der Waals surface area contributed by atoms with Gasteiger partial charge in [0.05, 0.1) is 6.10 Å². The predicted molar refractivity (Wildman–Crippen MR) is 75.0 cm³/mol. The van der Waals surface area contributed by atoms with E-state index in [1.807, 2.05) is 12.1 Å². The fraction of sp³-hybridized carbons (Fsp3) is 0.533. The molecule has 4 heteroatoms. The predicted octanol–water partition coefficient (Wildman–Crippen LogP) is 2.20. The molecule has 0 spiro atoms. The molecule has 0 amide bonds. The highest BCUT2D eigenvalue weighted by molar-refractivity contribution is 5.69. The van der Waals surface area contributed by atoms with Crippen LogP contribution >= 0.6 is 0 Å². The summed E-state index contributed by atoms with van der Waals surface area (Å²) in [7, 11) is 0. The second kappa shape index (κ2) is 7.26. The maximum atomic E-state index is 10.8. The molecule has 0 saturated carbocycles. The number of aliphatic hydroxyl groups is 1. The minimum atomic E-state index is -0.345. The minimum absolute atomic E-state index is 0.314. The van der Waals surface area contributed by atoms with Crippen LogP contribution in [0.25, 0.3) is 0 Å². The summed E-state index contributed by atoms with van der Waals surface area (Å²) in [5.74, 6) is 0.244. The quantitative estimate of drug-likeness (QED) is 0.633. The lowest BCUT2D eigenvalue weighted by molar-refractivity contribution is -0.131. The molecule has 0 aliphatic carbocycles. The van der Waals surface area contributed by atoms with E-state index in [9.17, 15) is 9.90 Å². The molecule has 1 N–H and O–H groups in total. The van der Waals surface area contributed by atoms with Crippen LogP contribution in [0, 0.1) is 0 Å². The number of benzene rings is 1. The molecule has 1 rings (SSSR count). The van der Waals surface area contributed by atoms with Gasteiger partial charge in [-0.2, -0.15) is 0 Å². The highest BCUT2D eigenvalue weighted by Gasteiger charge is 2.12. The summed E-state index contributed by atoms with van der Waals surface area (Å²) in [5, 5.41) is 9.49. The van der Waals surface area contributed by atoms with Gasteiger partial charge in [-0.3, -0.25) is 9.69 Å². The topological polar surface area (TPSA) is 49.8 Å². The van der Waals surface area contributed by atoms with E-state index >= 15 is 0 Å². The molecule has 0 fully saturated rings. The van der Waals surface area contributed by atoms with Crippen LogP contribution in [-0.4, -0.2) is 34.7 Å². The number of carbonyl (C=O) groups excluding carboxylic acids is 1. The van der Waals surface area contributed by atoms with Crippen molar-refractivity contribution in [2.24, 2.45) is 0 Å². The third kappa shape index (κ3) is 5.85. The summed E-state index contributed by atoms with van der Waals surface area (Å²) in [6, 6.07) is 7.82. The van der Waals surface area contributed by atoms with Gasteiger partial charge in [-0.05, 0) is 38.5 Å². The van der Waals surface area contributed by atoms with Crippen LogP contribution in [0.15, 0.2) is 24.3 Å². The van der Waals surface area contributed by atoms with Crippen LogP contribution in [0.1, 0.15) is 33.3 Å². The molecule has 106 valence electrons. The molecule has 0 aliphatic rings. The van der Waals surface area contributed by atoms with Gasteiger partial charge in [-0.15, -0.1) is 0 Å². The first kappa shape index (κ1) is 15.7. The first-order valence-electron chi connectivity index (χ1n) is 6.58. The number of hydrogen-bond acceptors (Lipinski definition) is 4. The van der Waals surface area contributed by atoms with Crippen molar-refractivity contribution in [1.29, 1.82) is 0 Å². The van der Waals surface area contributed by atoms with Crippen LogP contribution in [0.3, 0.4) is 0 Å². The van der Waals surface area contributed by atoms with Crippen molar-refractivity contribution in [3.63, 3.8) is 0 Å². The first-order valence-corrected chi connectivity index (χ1v) is 6.58. The Balaban J connectivity index is 2.66. The van der Waals surface area contributed by atoms with Gasteiger partial charge in [0.1, 0.15) is 5.75 Å². The van der Waals surface area contributed by atoms with Gasteiger partial charge in [-0.25, -0.2) is 0 Å². The van der Waals surface area contributed by atoms with Crippen molar-refractivity contribution >= 4 is 5.97 Å². The van der Waals surface area contributed by atoms with Crippen molar-refractivity contribution < 1.29 is 14.6 Å². The molecule has 1 atom stereocenters. The Morgan fingerprint density at radius 1 is 1.26 bits per heavy atom. The molecule has 0 radical (unpaired) electrons. The van der Waals surface area contributed by atoms with Gasteiger partial charge in [0.2, 0.25) is 0 Å². The smallest absolute Gasteiger partial charge is 0.308 e. The minimum Gasteiger partial charge on any atom is -0.427 e. The summed E-state index contributed by atoms with van der Waals surface area (Å²) >= 11 is 0. The molecule has 1 unspecified atom stereocenters. The van der Waals surface area contributed by atoms with Crippen LogP contribution in [0.5, 0.6) is 5.75 Å². The van der Waals surface area contributed by atoms with E-state index in [4.69, 9.17) is 4.74 Å². The van der Waals surface area contributed by atoms with E-state index in [0.717, 1.165) is 12.1 Å². The molecule has 0 heterocycles. The van der Waals surface area contributed by atoms with E-state index in [1.165, 1.54) is 6.92 Å². The summed E-state index contributed by atoms with van der Waals surface area (Å²) in [4.78, 5) is 13.0. The van der Waals surface area contributed by atoms with Gasteiger partial charge in [-0.1, -0.05) is 12.1 Å². The zero-order chi connectivity index (χ0) is 14.4. The molecular weight excluding hydrogens is 242 g/mol. The second-order valence-corrected chi connectivity index (χ2v) is 5.11. The third-order valence-electron chi connectivity index (χ3n) is 2.80. The second-order valence-electron chi connectivity index (χ2n) is 5.11. The summed E-state index contributed by atoms with van der Waals surface area (Å²) in [6.07, 6.45) is -0.345. The molecule has 1 aromatic carbocycles. The molecule has 19 heavy (non-hydrogen) atoms.